The van der Waals surface area contributed by atoms with E-state index in [2.05, 4.69) is 15.3 Å². The Bertz CT molecular complexity index is 798. The van der Waals surface area contributed by atoms with Gasteiger partial charge in [-0.2, -0.15) is 0 Å². The van der Waals surface area contributed by atoms with Gasteiger partial charge in [0.2, 0.25) is 5.95 Å². The maximum Gasteiger partial charge on any atom is 0.252 e. The summed E-state index contributed by atoms with van der Waals surface area (Å²) in [5.74, 6) is 0.392. The number of H-pyrrole nitrogens is 1. The molecule has 1 heterocycles. The Morgan fingerprint density at radius 1 is 1.00 bits per heavy atom. The zero-order valence-electron chi connectivity index (χ0n) is 11.0. The lowest BCUT2D eigenvalue weighted by molar-refractivity contribution is 1.13. The molecule has 0 aliphatic rings. The Morgan fingerprint density at radius 2 is 1.71 bits per heavy atom. The van der Waals surface area contributed by atoms with Crippen LogP contribution in [0.5, 0.6) is 0 Å². The molecule has 21 heavy (non-hydrogen) atoms. The highest BCUT2D eigenvalue weighted by molar-refractivity contribution is 6.30. The van der Waals surface area contributed by atoms with Crippen LogP contribution in [0.4, 0.5) is 11.6 Å². The molecule has 1 aromatic heterocycles. The van der Waals surface area contributed by atoms with Crippen LogP contribution in [0.3, 0.4) is 0 Å². The van der Waals surface area contributed by atoms with Crippen molar-refractivity contribution in [1.82, 2.24) is 9.97 Å². The van der Waals surface area contributed by atoms with E-state index in [4.69, 9.17) is 11.6 Å². The van der Waals surface area contributed by atoms with Crippen molar-refractivity contribution in [2.75, 3.05) is 5.32 Å². The molecule has 3 rings (SSSR count). The van der Waals surface area contributed by atoms with Crippen LogP contribution < -0.4 is 10.9 Å². The van der Waals surface area contributed by atoms with Gasteiger partial charge in [0, 0.05) is 22.3 Å². The monoisotopic (exact) mass is 297 g/mol. The molecule has 4 nitrogen and oxygen atoms in total. The summed E-state index contributed by atoms with van der Waals surface area (Å²) in [7, 11) is 0. The summed E-state index contributed by atoms with van der Waals surface area (Å²) >= 11 is 5.84. The number of anilines is 2. The van der Waals surface area contributed by atoms with E-state index in [1.54, 1.807) is 12.1 Å². The highest BCUT2D eigenvalue weighted by atomic mass is 35.5. The summed E-state index contributed by atoms with van der Waals surface area (Å²) in [6.07, 6.45) is 0. The molecule has 3 aromatic rings. The number of nitrogens with zero attached hydrogens (tertiary/aromatic N) is 1. The quantitative estimate of drug-likeness (QED) is 0.772. The predicted molar refractivity (Wildman–Crippen MR) is 85.0 cm³/mol. The molecule has 2 N–H and O–H groups in total. The van der Waals surface area contributed by atoms with Crippen LogP contribution in [0.1, 0.15) is 0 Å². The lowest BCUT2D eigenvalue weighted by atomic mass is 10.1. The largest absolute Gasteiger partial charge is 0.326 e. The second kappa shape index (κ2) is 5.81. The average Bonchev–Trinajstić information content (AvgIpc) is 2.50. The van der Waals surface area contributed by atoms with Crippen molar-refractivity contribution in [2.45, 2.75) is 0 Å². The van der Waals surface area contributed by atoms with Crippen LogP contribution in [0, 0.1) is 0 Å². The SMILES string of the molecule is O=c1cc(-c2ccccc2)nc(Nc2ccc(Cl)cc2)[nH]1. The smallest absolute Gasteiger partial charge is 0.252 e. The van der Waals surface area contributed by atoms with Crippen LogP contribution in [-0.2, 0) is 0 Å². The fourth-order valence-corrected chi connectivity index (χ4v) is 2.07. The van der Waals surface area contributed by atoms with Gasteiger partial charge in [-0.15, -0.1) is 0 Å². The first-order chi connectivity index (χ1) is 10.2. The second-order valence-electron chi connectivity index (χ2n) is 4.48. The molecule has 0 aliphatic heterocycles. The van der Waals surface area contributed by atoms with Crippen LogP contribution in [0.25, 0.3) is 11.3 Å². The molecule has 0 atom stereocenters. The Labute approximate surface area is 126 Å². The molecule has 0 saturated carbocycles. The van der Waals surface area contributed by atoms with E-state index in [1.165, 1.54) is 6.07 Å². The molecule has 104 valence electrons. The number of hydrogen-bond donors (Lipinski definition) is 2. The van der Waals surface area contributed by atoms with Crippen molar-refractivity contribution >= 4 is 23.2 Å². The topological polar surface area (TPSA) is 57.8 Å². The molecule has 0 radical (unpaired) electrons. The van der Waals surface area contributed by atoms with Crippen LogP contribution in [-0.4, -0.2) is 9.97 Å². The van der Waals surface area contributed by atoms with E-state index in [9.17, 15) is 4.79 Å². The van der Waals surface area contributed by atoms with E-state index in [1.807, 2.05) is 42.5 Å². The van der Waals surface area contributed by atoms with Crippen LogP contribution in [0.15, 0.2) is 65.5 Å². The lowest BCUT2D eigenvalue weighted by Crippen LogP contribution is -2.10. The van der Waals surface area contributed by atoms with E-state index < -0.39 is 0 Å². The highest BCUT2D eigenvalue weighted by Gasteiger charge is 2.04. The summed E-state index contributed by atoms with van der Waals surface area (Å²) < 4.78 is 0. The average molecular weight is 298 g/mol. The minimum absolute atomic E-state index is 0.208. The van der Waals surface area contributed by atoms with Gasteiger partial charge in [0.05, 0.1) is 5.69 Å². The third-order valence-corrected chi connectivity index (χ3v) is 3.17. The highest BCUT2D eigenvalue weighted by Crippen LogP contribution is 2.19. The van der Waals surface area contributed by atoms with Gasteiger partial charge in [0.1, 0.15) is 0 Å². The summed E-state index contributed by atoms with van der Waals surface area (Å²) in [5.41, 5.74) is 2.10. The predicted octanol–water partition coefficient (Wildman–Crippen LogP) is 3.83. The van der Waals surface area contributed by atoms with Crippen molar-refractivity contribution < 1.29 is 0 Å². The fraction of sp³-hybridized carbons (Fsp3) is 0. The first kappa shape index (κ1) is 13.4. The number of rotatable bonds is 3. The number of benzene rings is 2. The maximum absolute atomic E-state index is 11.8. The minimum Gasteiger partial charge on any atom is -0.326 e. The van der Waals surface area contributed by atoms with Crippen LogP contribution >= 0.6 is 11.6 Å². The molecule has 0 aliphatic carbocycles. The van der Waals surface area contributed by atoms with E-state index in [0.29, 0.717) is 16.7 Å². The first-order valence-corrected chi connectivity index (χ1v) is 6.78. The zero-order chi connectivity index (χ0) is 14.7. The van der Waals surface area contributed by atoms with Gasteiger partial charge in [-0.25, -0.2) is 4.98 Å². The van der Waals surface area contributed by atoms with E-state index in [0.717, 1.165) is 11.3 Å². The van der Waals surface area contributed by atoms with Crippen molar-refractivity contribution in [3.05, 3.63) is 76.0 Å². The van der Waals surface area contributed by atoms with E-state index in [-0.39, 0.29) is 5.56 Å². The lowest BCUT2D eigenvalue weighted by Gasteiger charge is -2.07. The maximum atomic E-state index is 11.8. The summed E-state index contributed by atoms with van der Waals surface area (Å²) in [5, 5.41) is 3.71. The molecule has 0 bridgehead atoms. The molecule has 0 fully saturated rings. The fourth-order valence-electron chi connectivity index (χ4n) is 1.94. The molecule has 5 heteroatoms. The van der Waals surface area contributed by atoms with Gasteiger partial charge in [-0.05, 0) is 24.3 Å². The van der Waals surface area contributed by atoms with Gasteiger partial charge >= 0.3 is 0 Å². The standard InChI is InChI=1S/C16H12ClN3O/c17-12-6-8-13(9-7-12)18-16-19-14(10-15(21)20-16)11-4-2-1-3-5-11/h1-10H,(H2,18,19,20,21). The third-order valence-electron chi connectivity index (χ3n) is 2.92. The summed E-state index contributed by atoms with van der Waals surface area (Å²) in [6.45, 7) is 0. The zero-order valence-corrected chi connectivity index (χ0v) is 11.8. The summed E-state index contributed by atoms with van der Waals surface area (Å²) in [4.78, 5) is 18.9. The molecule has 0 amide bonds. The van der Waals surface area contributed by atoms with Gasteiger partial charge in [-0.3, -0.25) is 9.78 Å². The van der Waals surface area contributed by atoms with E-state index >= 15 is 0 Å². The third kappa shape index (κ3) is 3.30. The van der Waals surface area contributed by atoms with Gasteiger partial charge in [0.25, 0.3) is 5.56 Å². The number of halogens is 1. The van der Waals surface area contributed by atoms with Crippen molar-refractivity contribution in [2.24, 2.45) is 0 Å². The van der Waals surface area contributed by atoms with Crippen LogP contribution in [0.2, 0.25) is 5.02 Å². The normalized spacial score (nSPS) is 10.3. The number of aromatic amines is 1. The Morgan fingerprint density at radius 3 is 2.43 bits per heavy atom. The molecule has 2 aromatic carbocycles. The number of hydrogen-bond acceptors (Lipinski definition) is 3. The molecule has 0 saturated heterocycles. The second-order valence-corrected chi connectivity index (χ2v) is 4.91. The Balaban J connectivity index is 1.95. The minimum atomic E-state index is -0.208. The molecule has 0 unspecified atom stereocenters. The van der Waals surface area contributed by atoms with Gasteiger partial charge < -0.3 is 5.32 Å². The Hall–Kier alpha value is -2.59. The first-order valence-electron chi connectivity index (χ1n) is 6.40. The Kier molecular flexibility index (Phi) is 3.71. The molecule has 0 spiro atoms. The van der Waals surface area contributed by atoms with Crippen molar-refractivity contribution in [1.29, 1.82) is 0 Å². The molecular weight excluding hydrogens is 286 g/mol. The van der Waals surface area contributed by atoms with Gasteiger partial charge in [-0.1, -0.05) is 41.9 Å². The van der Waals surface area contributed by atoms with Crippen molar-refractivity contribution in [3.8, 4) is 11.3 Å². The number of aromatic nitrogens is 2. The van der Waals surface area contributed by atoms with Gasteiger partial charge in [0.15, 0.2) is 0 Å². The molecular formula is C16H12ClN3O. The number of nitrogens with one attached hydrogen (secondary N) is 2. The summed E-state index contributed by atoms with van der Waals surface area (Å²) in [6, 6.07) is 18.2. The van der Waals surface area contributed by atoms with Crippen molar-refractivity contribution in [3.63, 3.8) is 0 Å².